The third kappa shape index (κ3) is 6.38. The highest BCUT2D eigenvalue weighted by Crippen LogP contribution is 2.39. The monoisotopic (exact) mass is 624 g/mol. The average Bonchev–Trinajstić information content (AvgIpc) is 3.23. The molecule has 0 unspecified atom stereocenters. The van der Waals surface area contributed by atoms with Crippen molar-refractivity contribution < 1.29 is 14.3 Å². The van der Waals surface area contributed by atoms with Gasteiger partial charge < -0.3 is 9.47 Å². The summed E-state index contributed by atoms with van der Waals surface area (Å²) in [5.74, 6) is 1.34. The normalized spacial score (nSPS) is 18.5. The minimum absolute atomic E-state index is 0.0320. The van der Waals surface area contributed by atoms with E-state index in [4.69, 9.17) is 14.5 Å². The Balaban J connectivity index is 1.38. The van der Waals surface area contributed by atoms with E-state index in [1.165, 1.54) is 21.8 Å². The summed E-state index contributed by atoms with van der Waals surface area (Å²) >= 11 is 3.74. The third-order valence-corrected chi connectivity index (χ3v) is 8.25. The molecule has 0 atom stereocenters. The largest absolute Gasteiger partial charge is 0.493 e. The molecule has 7 heteroatoms. The molecule has 3 aromatic carbocycles. The Hall–Kier alpha value is -2.78. The lowest BCUT2D eigenvalue weighted by molar-refractivity contribution is -0.124. The number of carbonyl (C=O) groups excluding carboxylic acids is 1. The van der Waals surface area contributed by atoms with Crippen molar-refractivity contribution >= 4 is 57.2 Å². The number of amides is 1. The number of thioether (sulfide) groups is 1. The van der Waals surface area contributed by atoms with Gasteiger partial charge in [0.15, 0.2) is 16.7 Å². The van der Waals surface area contributed by atoms with Crippen LogP contribution in [0.3, 0.4) is 0 Å². The molecule has 0 N–H and O–H groups in total. The number of halogens is 1. The smallest absolute Gasteiger partial charge is 0.267 e. The first-order valence-electron chi connectivity index (χ1n) is 12.5. The maximum atomic E-state index is 13.6. The molecule has 37 heavy (non-hydrogen) atoms. The van der Waals surface area contributed by atoms with Crippen LogP contribution in [0.25, 0.3) is 6.08 Å². The second kappa shape index (κ2) is 12.2. The van der Waals surface area contributed by atoms with Crippen LogP contribution in [0, 0.1) is 3.57 Å². The zero-order valence-corrected chi connectivity index (χ0v) is 23.7. The minimum atomic E-state index is 0.0320. The topological polar surface area (TPSA) is 51.1 Å². The molecule has 1 amide bonds. The maximum Gasteiger partial charge on any atom is 0.267 e. The second-order valence-electron chi connectivity index (χ2n) is 9.13. The lowest BCUT2D eigenvalue weighted by Gasteiger charge is -2.30. The van der Waals surface area contributed by atoms with Gasteiger partial charge in [0.1, 0.15) is 6.61 Å². The number of nitrogens with zero attached hydrogens (tertiary/aromatic N) is 2. The zero-order chi connectivity index (χ0) is 25.6. The Bertz CT molecular complexity index is 1300. The highest BCUT2D eigenvalue weighted by atomic mass is 127. The number of benzene rings is 3. The Labute approximate surface area is 236 Å². The number of hydrogen-bond acceptors (Lipinski definition) is 5. The molecule has 5 nitrogen and oxygen atoms in total. The van der Waals surface area contributed by atoms with E-state index in [2.05, 4.69) is 46.9 Å². The summed E-state index contributed by atoms with van der Waals surface area (Å²) in [6.45, 7) is 0.456. The third-order valence-electron chi connectivity index (χ3n) is 6.55. The Morgan fingerprint density at radius 1 is 1.00 bits per heavy atom. The van der Waals surface area contributed by atoms with Crippen LogP contribution in [0.2, 0.25) is 0 Å². The standard InChI is InChI=1S/C30H29IN2O3S/c1-35-27-18-22(14-17-26(27)36-20-21-12-15-23(31)16-13-21)19-28-29(34)33(25-10-6-3-7-11-25)30(37-28)32-24-8-4-2-5-9-24/h2,4-5,8-9,12-19,25H,3,6-7,10-11,20H2,1H3/b28-19-,32-30?. The summed E-state index contributed by atoms with van der Waals surface area (Å²) in [6, 6.07) is 24.1. The predicted molar refractivity (Wildman–Crippen MR) is 159 cm³/mol. The lowest BCUT2D eigenvalue weighted by Crippen LogP contribution is -2.40. The van der Waals surface area contributed by atoms with Gasteiger partial charge in [-0.2, -0.15) is 0 Å². The average molecular weight is 625 g/mol. The van der Waals surface area contributed by atoms with Gasteiger partial charge in [-0.25, -0.2) is 4.99 Å². The number of para-hydroxylation sites is 1. The van der Waals surface area contributed by atoms with Crippen LogP contribution in [0.15, 0.2) is 82.7 Å². The van der Waals surface area contributed by atoms with Crippen molar-refractivity contribution in [3.8, 4) is 11.5 Å². The summed E-state index contributed by atoms with van der Waals surface area (Å²) in [4.78, 5) is 21.1. The first-order valence-corrected chi connectivity index (χ1v) is 14.4. The van der Waals surface area contributed by atoms with Crippen LogP contribution in [0.5, 0.6) is 11.5 Å². The van der Waals surface area contributed by atoms with Crippen molar-refractivity contribution in [3.05, 3.63) is 92.4 Å². The molecule has 1 saturated carbocycles. The Morgan fingerprint density at radius 3 is 2.49 bits per heavy atom. The summed E-state index contributed by atoms with van der Waals surface area (Å²) in [5.41, 5.74) is 2.84. The second-order valence-corrected chi connectivity index (χ2v) is 11.4. The summed E-state index contributed by atoms with van der Waals surface area (Å²) < 4.78 is 12.8. The van der Waals surface area contributed by atoms with E-state index in [1.807, 2.05) is 59.5 Å². The highest BCUT2D eigenvalue weighted by molar-refractivity contribution is 14.1. The van der Waals surface area contributed by atoms with Crippen LogP contribution < -0.4 is 9.47 Å². The number of ether oxygens (including phenoxy) is 2. The number of amidine groups is 1. The molecule has 2 fully saturated rings. The fraction of sp³-hybridized carbons (Fsp3) is 0.267. The molecule has 0 radical (unpaired) electrons. The van der Waals surface area contributed by atoms with Crippen molar-refractivity contribution in [3.63, 3.8) is 0 Å². The molecule has 1 aliphatic heterocycles. The van der Waals surface area contributed by atoms with Crippen LogP contribution in [-0.2, 0) is 11.4 Å². The number of methoxy groups -OCH3 is 1. The summed E-state index contributed by atoms with van der Waals surface area (Å²) in [6.07, 6.45) is 7.51. The molecule has 1 aliphatic carbocycles. The van der Waals surface area contributed by atoms with E-state index in [-0.39, 0.29) is 11.9 Å². The molecule has 0 bridgehead atoms. The molecular formula is C30H29IN2O3S. The molecule has 2 aliphatic rings. The first kappa shape index (κ1) is 25.9. The van der Waals surface area contributed by atoms with E-state index in [0.717, 1.165) is 47.7 Å². The first-order chi connectivity index (χ1) is 18.1. The van der Waals surface area contributed by atoms with Crippen LogP contribution >= 0.6 is 34.4 Å². The number of aliphatic imine (C=N–C) groups is 1. The van der Waals surface area contributed by atoms with Crippen molar-refractivity contribution in [2.24, 2.45) is 4.99 Å². The van der Waals surface area contributed by atoms with Gasteiger partial charge in [-0.3, -0.25) is 9.69 Å². The Kier molecular flexibility index (Phi) is 8.51. The Morgan fingerprint density at radius 2 is 1.76 bits per heavy atom. The number of rotatable bonds is 7. The van der Waals surface area contributed by atoms with Gasteiger partial charge in [-0.05, 0) is 101 Å². The van der Waals surface area contributed by atoms with Crippen LogP contribution in [0.1, 0.15) is 43.2 Å². The van der Waals surface area contributed by atoms with Gasteiger partial charge in [-0.1, -0.05) is 55.7 Å². The predicted octanol–water partition coefficient (Wildman–Crippen LogP) is 7.82. The zero-order valence-electron chi connectivity index (χ0n) is 20.7. The van der Waals surface area contributed by atoms with Crippen molar-refractivity contribution in [2.75, 3.05) is 7.11 Å². The fourth-order valence-electron chi connectivity index (χ4n) is 4.63. The van der Waals surface area contributed by atoms with E-state index in [0.29, 0.717) is 23.0 Å². The minimum Gasteiger partial charge on any atom is -0.493 e. The molecule has 0 spiro atoms. The van der Waals surface area contributed by atoms with Gasteiger partial charge in [0.25, 0.3) is 5.91 Å². The molecule has 190 valence electrons. The van der Waals surface area contributed by atoms with Crippen LogP contribution in [0.4, 0.5) is 5.69 Å². The van der Waals surface area contributed by atoms with E-state index < -0.39 is 0 Å². The van der Waals surface area contributed by atoms with E-state index in [9.17, 15) is 4.79 Å². The molecule has 0 aromatic heterocycles. The fourth-order valence-corrected chi connectivity index (χ4v) is 6.04. The van der Waals surface area contributed by atoms with Crippen molar-refractivity contribution in [1.82, 2.24) is 4.90 Å². The van der Waals surface area contributed by atoms with Gasteiger partial charge in [0.05, 0.1) is 17.7 Å². The molecule has 1 saturated heterocycles. The van der Waals surface area contributed by atoms with Crippen molar-refractivity contribution in [1.29, 1.82) is 0 Å². The summed E-state index contributed by atoms with van der Waals surface area (Å²) in [5, 5.41) is 0.763. The number of carbonyl (C=O) groups is 1. The van der Waals surface area contributed by atoms with E-state index in [1.54, 1.807) is 7.11 Å². The molecular weight excluding hydrogens is 595 g/mol. The van der Waals surface area contributed by atoms with Crippen molar-refractivity contribution in [2.45, 2.75) is 44.8 Å². The van der Waals surface area contributed by atoms with Crippen LogP contribution in [-0.4, -0.2) is 29.1 Å². The molecule has 1 heterocycles. The SMILES string of the molecule is COc1cc(/C=C2\SC(=Nc3ccccc3)N(C3CCCCC3)C2=O)ccc1OCc1ccc(I)cc1. The maximum absolute atomic E-state index is 13.6. The van der Waals surface area contributed by atoms with Gasteiger partial charge in [0, 0.05) is 9.61 Å². The molecule has 3 aromatic rings. The molecule has 5 rings (SSSR count). The quantitative estimate of drug-likeness (QED) is 0.199. The van der Waals surface area contributed by atoms with Gasteiger partial charge in [0.2, 0.25) is 0 Å². The lowest BCUT2D eigenvalue weighted by atomic mass is 9.94. The van der Waals surface area contributed by atoms with Gasteiger partial charge >= 0.3 is 0 Å². The van der Waals surface area contributed by atoms with E-state index >= 15 is 0 Å². The number of hydrogen-bond donors (Lipinski definition) is 0. The summed E-state index contributed by atoms with van der Waals surface area (Å²) in [7, 11) is 1.63. The van der Waals surface area contributed by atoms with Gasteiger partial charge in [-0.15, -0.1) is 0 Å². The highest BCUT2D eigenvalue weighted by Gasteiger charge is 2.38.